The van der Waals surface area contributed by atoms with Gasteiger partial charge in [0.25, 0.3) is 0 Å². The van der Waals surface area contributed by atoms with Gasteiger partial charge < -0.3 is 10.2 Å². The lowest BCUT2D eigenvalue weighted by Gasteiger charge is -2.29. The third kappa shape index (κ3) is 3.79. The monoisotopic (exact) mass is 405 g/mol. The van der Waals surface area contributed by atoms with Gasteiger partial charge in [0.05, 0.1) is 22.8 Å². The van der Waals surface area contributed by atoms with Gasteiger partial charge >= 0.3 is 0 Å². The third-order valence-corrected chi connectivity index (χ3v) is 6.07. The van der Waals surface area contributed by atoms with E-state index >= 15 is 0 Å². The van der Waals surface area contributed by atoms with E-state index < -0.39 is 0 Å². The highest BCUT2D eigenvalue weighted by atomic mass is 15.4. The van der Waals surface area contributed by atoms with Crippen LogP contribution in [0.2, 0.25) is 0 Å². The van der Waals surface area contributed by atoms with Gasteiger partial charge in [0.1, 0.15) is 6.17 Å². The summed E-state index contributed by atoms with van der Waals surface area (Å²) in [5, 5.41) is 3.68. The van der Waals surface area contributed by atoms with Gasteiger partial charge in [-0.2, -0.15) is 0 Å². The van der Waals surface area contributed by atoms with Crippen LogP contribution in [0, 0.1) is 0 Å². The Kier molecular flexibility index (Phi) is 5.17. The Balaban J connectivity index is 1.55. The Morgan fingerprint density at radius 3 is 2.71 bits per heavy atom. The molecule has 0 radical (unpaired) electrons. The number of hydrogen-bond donors (Lipinski definition) is 1. The van der Waals surface area contributed by atoms with E-state index in [1.165, 1.54) is 22.3 Å². The van der Waals surface area contributed by atoms with E-state index in [0.717, 1.165) is 42.1 Å². The number of aryl methyl sites for hydroxylation is 1. The van der Waals surface area contributed by atoms with E-state index in [9.17, 15) is 0 Å². The number of nitrogens with zero attached hydrogens (tertiary/aromatic N) is 2. The molecule has 3 aliphatic rings. The van der Waals surface area contributed by atoms with E-state index in [1.807, 2.05) is 0 Å². The summed E-state index contributed by atoms with van der Waals surface area (Å²) in [7, 11) is 0. The summed E-state index contributed by atoms with van der Waals surface area (Å²) < 4.78 is 0. The zero-order chi connectivity index (χ0) is 21.2. The molecular weight excluding hydrogens is 378 g/mol. The van der Waals surface area contributed by atoms with Gasteiger partial charge in [-0.15, -0.1) is 0 Å². The normalized spacial score (nSPS) is 21.0. The van der Waals surface area contributed by atoms with Crippen LogP contribution in [0.15, 0.2) is 114 Å². The fourth-order valence-corrected chi connectivity index (χ4v) is 4.40. The first kappa shape index (κ1) is 19.4. The van der Waals surface area contributed by atoms with E-state index in [1.54, 1.807) is 0 Å². The molecule has 1 aliphatic carbocycles. The van der Waals surface area contributed by atoms with Crippen molar-refractivity contribution in [2.24, 2.45) is 4.99 Å². The summed E-state index contributed by atoms with van der Waals surface area (Å²) in [6.45, 7) is 6.62. The predicted octanol–water partition coefficient (Wildman–Crippen LogP) is 5.76. The first-order valence-corrected chi connectivity index (χ1v) is 11.0. The van der Waals surface area contributed by atoms with E-state index in [-0.39, 0.29) is 6.17 Å². The zero-order valence-electron chi connectivity index (χ0n) is 17.9. The lowest BCUT2D eigenvalue weighted by atomic mass is 10.00. The second kappa shape index (κ2) is 8.27. The molecule has 1 atom stereocenters. The average Bonchev–Trinajstić information content (AvgIpc) is 3.43. The molecule has 1 saturated heterocycles. The fourth-order valence-electron chi connectivity index (χ4n) is 4.40. The van der Waals surface area contributed by atoms with Crippen molar-refractivity contribution in [3.05, 3.63) is 125 Å². The molecule has 0 saturated carbocycles. The molecule has 3 heteroatoms. The minimum absolute atomic E-state index is 0.00791. The highest BCUT2D eigenvalue weighted by molar-refractivity contribution is 5.98. The second-order valence-corrected chi connectivity index (χ2v) is 8.12. The van der Waals surface area contributed by atoms with Gasteiger partial charge in [0.2, 0.25) is 0 Å². The lowest BCUT2D eigenvalue weighted by molar-refractivity contribution is 0.443. The summed E-state index contributed by atoms with van der Waals surface area (Å²) in [6.07, 6.45) is 13.6. The van der Waals surface area contributed by atoms with Gasteiger partial charge in [-0.05, 0) is 35.6 Å². The first-order valence-electron chi connectivity index (χ1n) is 11.0. The smallest absolute Gasteiger partial charge is 0.143 e. The summed E-state index contributed by atoms with van der Waals surface area (Å²) in [6, 6.07) is 19.1. The quantitative estimate of drug-likeness (QED) is 0.685. The Bertz CT molecular complexity index is 1160. The molecule has 31 heavy (non-hydrogen) atoms. The van der Waals surface area contributed by atoms with Gasteiger partial charge in [0, 0.05) is 18.2 Å². The molecule has 2 aromatic carbocycles. The highest BCUT2D eigenvalue weighted by Gasteiger charge is 2.36. The molecular formula is C28H27N3. The van der Waals surface area contributed by atoms with Crippen molar-refractivity contribution in [2.45, 2.75) is 32.4 Å². The number of hydrogen-bond acceptors (Lipinski definition) is 3. The van der Waals surface area contributed by atoms with Crippen LogP contribution in [0.4, 0.5) is 0 Å². The molecule has 1 N–H and O–H groups in total. The molecule has 2 heterocycles. The number of rotatable bonds is 5. The van der Waals surface area contributed by atoms with Crippen LogP contribution < -0.4 is 5.32 Å². The van der Waals surface area contributed by atoms with Crippen LogP contribution >= 0.6 is 0 Å². The maximum Gasteiger partial charge on any atom is 0.143 e. The van der Waals surface area contributed by atoms with Gasteiger partial charge in [-0.25, -0.2) is 0 Å². The predicted molar refractivity (Wildman–Crippen MR) is 129 cm³/mol. The topological polar surface area (TPSA) is 27.6 Å². The first-order chi connectivity index (χ1) is 15.2. The SMILES string of the molecule is C=C1/C(=C/C2=CC=CC2)NC2C(Cc3ccccc3)=NC(c3ccccc3CC)=CN12. The largest absolute Gasteiger partial charge is 0.358 e. The number of nitrogens with one attached hydrogen (secondary N) is 1. The Hall–Kier alpha value is -3.59. The van der Waals surface area contributed by atoms with Crippen LogP contribution in [0.1, 0.15) is 30.0 Å². The summed E-state index contributed by atoms with van der Waals surface area (Å²) in [5.74, 6) is 0. The third-order valence-electron chi connectivity index (χ3n) is 6.07. The van der Waals surface area contributed by atoms with Crippen LogP contribution in [0.25, 0.3) is 5.70 Å². The Morgan fingerprint density at radius 2 is 1.94 bits per heavy atom. The average molecular weight is 406 g/mol. The molecule has 5 rings (SSSR count). The van der Waals surface area contributed by atoms with E-state index in [0.29, 0.717) is 0 Å². The van der Waals surface area contributed by atoms with Gasteiger partial charge in [-0.3, -0.25) is 4.99 Å². The van der Waals surface area contributed by atoms with Crippen molar-refractivity contribution < 1.29 is 0 Å². The molecule has 0 aromatic heterocycles. The van der Waals surface area contributed by atoms with Gasteiger partial charge in [-0.1, -0.05) is 86.3 Å². The molecule has 1 fully saturated rings. The lowest BCUT2D eigenvalue weighted by Crippen LogP contribution is -2.42. The highest BCUT2D eigenvalue weighted by Crippen LogP contribution is 2.34. The van der Waals surface area contributed by atoms with Crippen LogP contribution in [0.5, 0.6) is 0 Å². The number of aliphatic imine (C=N–C) groups is 1. The number of fused-ring (bicyclic) bond motifs is 1. The second-order valence-electron chi connectivity index (χ2n) is 8.12. The van der Waals surface area contributed by atoms with Crippen molar-refractivity contribution in [1.82, 2.24) is 10.2 Å². The van der Waals surface area contributed by atoms with Crippen molar-refractivity contribution >= 4 is 11.4 Å². The molecule has 154 valence electrons. The summed E-state index contributed by atoms with van der Waals surface area (Å²) in [5.41, 5.74) is 9.24. The molecule has 2 aliphatic heterocycles. The van der Waals surface area contributed by atoms with Crippen molar-refractivity contribution in [2.75, 3.05) is 0 Å². The molecule has 0 amide bonds. The maximum absolute atomic E-state index is 5.18. The minimum Gasteiger partial charge on any atom is -0.358 e. The number of allylic oxidation sites excluding steroid dienone is 5. The molecule has 1 unspecified atom stereocenters. The van der Waals surface area contributed by atoms with Crippen LogP contribution in [-0.4, -0.2) is 16.8 Å². The summed E-state index contributed by atoms with van der Waals surface area (Å²) >= 11 is 0. The molecule has 3 nitrogen and oxygen atoms in total. The maximum atomic E-state index is 5.18. The van der Waals surface area contributed by atoms with Gasteiger partial charge in [0.15, 0.2) is 0 Å². The number of benzene rings is 2. The molecule has 0 spiro atoms. The van der Waals surface area contributed by atoms with Crippen LogP contribution in [-0.2, 0) is 12.8 Å². The van der Waals surface area contributed by atoms with Crippen molar-refractivity contribution in [1.29, 1.82) is 0 Å². The van der Waals surface area contributed by atoms with E-state index in [2.05, 4.69) is 109 Å². The summed E-state index contributed by atoms with van der Waals surface area (Å²) in [4.78, 5) is 7.43. The Labute approximate surface area is 184 Å². The standard InChI is InChI=1S/C28H27N3/c1-3-23-15-9-10-16-24(23)27-19-31-20(2)25(17-21-13-7-8-14-21)30-28(31)26(29-27)18-22-11-5-4-6-12-22/h4-13,15-17,19,28,30H,2-3,14,18H2,1H3/b25-17-. The minimum atomic E-state index is -0.00791. The Morgan fingerprint density at radius 1 is 1.13 bits per heavy atom. The van der Waals surface area contributed by atoms with Crippen LogP contribution in [0.3, 0.4) is 0 Å². The van der Waals surface area contributed by atoms with Crippen molar-refractivity contribution in [3.63, 3.8) is 0 Å². The van der Waals surface area contributed by atoms with Crippen molar-refractivity contribution in [3.8, 4) is 0 Å². The molecule has 2 aromatic rings. The van der Waals surface area contributed by atoms with E-state index in [4.69, 9.17) is 4.99 Å². The fraction of sp³-hybridized carbons (Fsp3) is 0.179. The molecule has 0 bridgehead atoms. The zero-order valence-corrected chi connectivity index (χ0v) is 17.9.